The predicted octanol–water partition coefficient (Wildman–Crippen LogP) is 4.49. The highest BCUT2D eigenvalue weighted by atomic mass is 35.5. The maximum Gasteiger partial charge on any atom is 0.435 e. The van der Waals surface area contributed by atoms with E-state index in [2.05, 4.69) is 15.1 Å². The minimum absolute atomic E-state index is 0.000614. The van der Waals surface area contributed by atoms with Crippen LogP contribution in [0.25, 0.3) is 33.9 Å². The first-order chi connectivity index (χ1) is 16.5. The van der Waals surface area contributed by atoms with Gasteiger partial charge in [-0.15, -0.1) is 0 Å². The van der Waals surface area contributed by atoms with Gasteiger partial charge in [-0.2, -0.15) is 18.3 Å². The van der Waals surface area contributed by atoms with Crippen molar-refractivity contribution in [3.05, 3.63) is 75.1 Å². The van der Waals surface area contributed by atoms with Crippen molar-refractivity contribution in [3.63, 3.8) is 0 Å². The van der Waals surface area contributed by atoms with Crippen molar-refractivity contribution >= 4 is 34.0 Å². The molecule has 0 aliphatic rings. The van der Waals surface area contributed by atoms with E-state index in [1.807, 2.05) is 0 Å². The number of rotatable bonds is 5. The lowest BCUT2D eigenvalue weighted by Gasteiger charge is -2.09. The number of aliphatic carboxylic acids is 1. The van der Waals surface area contributed by atoms with Gasteiger partial charge in [0.15, 0.2) is 11.5 Å². The lowest BCUT2D eigenvalue weighted by atomic mass is 10.0. The van der Waals surface area contributed by atoms with Gasteiger partial charge in [-0.3, -0.25) is 0 Å². The number of ether oxygens (including phenoxy) is 1. The summed E-state index contributed by atoms with van der Waals surface area (Å²) in [5, 5.41) is 12.9. The van der Waals surface area contributed by atoms with Gasteiger partial charge < -0.3 is 14.3 Å². The molecular formula is C22H14ClF3N4O5. The van der Waals surface area contributed by atoms with Crippen LogP contribution in [0.15, 0.2) is 52.0 Å². The zero-order valence-corrected chi connectivity index (χ0v) is 18.7. The molecule has 9 nitrogen and oxygen atoms in total. The number of carboxylic acid groups (broad SMARTS) is 1. The van der Waals surface area contributed by atoms with E-state index in [1.165, 1.54) is 37.6 Å². The van der Waals surface area contributed by atoms with Gasteiger partial charge >= 0.3 is 17.8 Å². The topological polar surface area (TPSA) is 120 Å². The van der Waals surface area contributed by atoms with Gasteiger partial charge in [0.25, 0.3) is 0 Å². The molecule has 1 aromatic carbocycles. The highest BCUT2D eigenvalue weighted by Crippen LogP contribution is 2.34. The second kappa shape index (κ2) is 8.87. The van der Waals surface area contributed by atoms with Gasteiger partial charge in [0.2, 0.25) is 5.89 Å². The molecular weight excluding hydrogens is 493 g/mol. The van der Waals surface area contributed by atoms with Crippen LogP contribution in [0.3, 0.4) is 0 Å². The summed E-state index contributed by atoms with van der Waals surface area (Å²) in [6, 6.07) is 6.25. The quantitative estimate of drug-likeness (QED) is 0.310. The van der Waals surface area contributed by atoms with Crippen molar-refractivity contribution in [2.45, 2.75) is 13.1 Å². The van der Waals surface area contributed by atoms with E-state index < -0.39 is 29.4 Å². The Morgan fingerprint density at radius 2 is 2.03 bits per heavy atom. The molecule has 0 atom stereocenters. The Kier molecular flexibility index (Phi) is 6.07. The number of aromatic nitrogens is 4. The number of hydrogen-bond acceptors (Lipinski definition) is 7. The number of carbonyl (C=O) groups is 1. The molecule has 3 aromatic heterocycles. The normalized spacial score (nSPS) is 12.2. The first-order valence-electron chi connectivity index (χ1n) is 9.72. The van der Waals surface area contributed by atoms with Gasteiger partial charge in [-0.25, -0.2) is 24.2 Å². The number of hydrogen-bond donors (Lipinski definition) is 1. The molecule has 0 amide bonds. The fraction of sp³-hybridized carbons (Fsp3) is 0.136. The van der Waals surface area contributed by atoms with E-state index in [0.29, 0.717) is 11.6 Å². The van der Waals surface area contributed by atoms with Gasteiger partial charge in [-0.05, 0) is 42.3 Å². The van der Waals surface area contributed by atoms with Gasteiger partial charge in [0.05, 0.1) is 29.3 Å². The Morgan fingerprint density at radius 1 is 1.29 bits per heavy atom. The smallest absolute Gasteiger partial charge is 0.435 e. The Bertz CT molecular complexity index is 1560. The Labute approximate surface area is 199 Å². The molecule has 0 spiro atoms. The molecule has 0 saturated heterocycles. The molecule has 1 N–H and O–H groups in total. The summed E-state index contributed by atoms with van der Waals surface area (Å²) < 4.78 is 51.2. The van der Waals surface area contributed by atoms with Crippen LogP contribution in [-0.2, 0) is 15.7 Å². The molecule has 35 heavy (non-hydrogen) atoms. The monoisotopic (exact) mass is 506 g/mol. The maximum atomic E-state index is 13.5. The van der Waals surface area contributed by atoms with Crippen LogP contribution < -0.4 is 5.63 Å². The molecule has 0 fully saturated rings. The van der Waals surface area contributed by atoms with E-state index in [1.54, 1.807) is 6.92 Å². The van der Waals surface area contributed by atoms with Crippen LogP contribution in [0.5, 0.6) is 0 Å². The van der Waals surface area contributed by atoms with Crippen LogP contribution in [0.4, 0.5) is 13.2 Å². The fourth-order valence-corrected chi connectivity index (χ4v) is 3.54. The Morgan fingerprint density at radius 3 is 2.66 bits per heavy atom. The van der Waals surface area contributed by atoms with Crippen LogP contribution in [0.2, 0.25) is 5.02 Å². The molecule has 180 valence electrons. The van der Waals surface area contributed by atoms with Crippen LogP contribution in [0.1, 0.15) is 16.8 Å². The van der Waals surface area contributed by atoms with Crippen molar-refractivity contribution < 1.29 is 32.2 Å². The fourth-order valence-electron chi connectivity index (χ4n) is 3.34. The molecule has 0 radical (unpaired) electrons. The SMILES string of the molecule is COC=C(C(=O)O)c1cc(C)c2nc(-c3cc(C(F)(F)F)nn3-c3ncccc3Cl)oc(=O)c2c1. The van der Waals surface area contributed by atoms with Crippen LogP contribution in [-0.4, -0.2) is 37.9 Å². The highest BCUT2D eigenvalue weighted by Gasteiger charge is 2.36. The third-order valence-corrected chi connectivity index (χ3v) is 5.15. The second-order valence-electron chi connectivity index (χ2n) is 7.20. The zero-order valence-electron chi connectivity index (χ0n) is 17.9. The number of benzene rings is 1. The summed E-state index contributed by atoms with van der Waals surface area (Å²) in [7, 11) is 1.27. The van der Waals surface area contributed by atoms with Crippen molar-refractivity contribution in [2.75, 3.05) is 7.11 Å². The number of halogens is 4. The predicted molar refractivity (Wildman–Crippen MR) is 118 cm³/mol. The summed E-state index contributed by atoms with van der Waals surface area (Å²) in [5.74, 6) is -1.89. The Balaban J connectivity index is 1.97. The molecule has 0 bridgehead atoms. The standard InChI is InChI=1S/C22H14ClF3N4O5/c1-10-6-11(13(9-34-2)20(31)32)7-12-17(10)28-19(35-21(12)33)15-8-16(22(24,25)26)29-30(15)18-14(23)4-3-5-27-18/h3-9H,1-2H3,(H,31,32). The lowest BCUT2D eigenvalue weighted by Crippen LogP contribution is -2.10. The summed E-state index contributed by atoms with van der Waals surface area (Å²) in [5.41, 5.74) is -2.16. The number of nitrogens with zero attached hydrogens (tertiary/aromatic N) is 4. The number of carboxylic acids is 1. The van der Waals surface area contributed by atoms with Crippen molar-refractivity contribution in [1.82, 2.24) is 19.7 Å². The van der Waals surface area contributed by atoms with E-state index in [-0.39, 0.29) is 38.6 Å². The minimum Gasteiger partial charge on any atom is -0.503 e. The lowest BCUT2D eigenvalue weighted by molar-refractivity contribution is -0.141. The average Bonchev–Trinajstić information content (AvgIpc) is 3.24. The van der Waals surface area contributed by atoms with Crippen LogP contribution in [0, 0.1) is 6.92 Å². The largest absolute Gasteiger partial charge is 0.503 e. The molecule has 0 aliphatic carbocycles. The van der Waals surface area contributed by atoms with Gasteiger partial charge in [0.1, 0.15) is 11.3 Å². The molecule has 3 heterocycles. The van der Waals surface area contributed by atoms with E-state index >= 15 is 0 Å². The first-order valence-corrected chi connectivity index (χ1v) is 10.1. The maximum absolute atomic E-state index is 13.5. The molecule has 0 saturated carbocycles. The highest BCUT2D eigenvalue weighted by molar-refractivity contribution is 6.32. The molecule has 0 unspecified atom stereocenters. The second-order valence-corrected chi connectivity index (χ2v) is 7.61. The van der Waals surface area contributed by atoms with Gasteiger partial charge in [0, 0.05) is 12.3 Å². The molecule has 0 aliphatic heterocycles. The van der Waals surface area contributed by atoms with Crippen LogP contribution >= 0.6 is 11.6 Å². The summed E-state index contributed by atoms with van der Waals surface area (Å²) >= 11 is 6.11. The number of pyridine rings is 1. The van der Waals surface area contributed by atoms with Crippen molar-refractivity contribution in [3.8, 4) is 17.4 Å². The number of methoxy groups -OCH3 is 1. The Hall–Kier alpha value is -4.19. The first kappa shape index (κ1) is 24.0. The summed E-state index contributed by atoms with van der Waals surface area (Å²) in [6.45, 7) is 1.56. The third kappa shape index (κ3) is 4.47. The van der Waals surface area contributed by atoms with E-state index in [9.17, 15) is 27.9 Å². The minimum atomic E-state index is -4.82. The zero-order chi connectivity index (χ0) is 25.5. The average molecular weight is 507 g/mol. The third-order valence-electron chi connectivity index (χ3n) is 4.86. The van der Waals surface area contributed by atoms with Gasteiger partial charge in [-0.1, -0.05) is 11.6 Å². The van der Waals surface area contributed by atoms with E-state index in [4.69, 9.17) is 20.8 Å². The summed E-state index contributed by atoms with van der Waals surface area (Å²) in [6.07, 6.45) is -2.51. The van der Waals surface area contributed by atoms with Crippen molar-refractivity contribution in [2.24, 2.45) is 0 Å². The molecule has 13 heteroatoms. The van der Waals surface area contributed by atoms with E-state index in [0.717, 1.165) is 10.9 Å². The van der Waals surface area contributed by atoms with Crippen molar-refractivity contribution in [1.29, 1.82) is 0 Å². The molecule has 4 rings (SSSR count). The summed E-state index contributed by atoms with van der Waals surface area (Å²) in [4.78, 5) is 32.6. The number of fused-ring (bicyclic) bond motifs is 1. The number of aryl methyl sites for hydroxylation is 1. The number of alkyl halides is 3. The molecule has 4 aromatic rings.